The van der Waals surface area contributed by atoms with Crippen LogP contribution in [0.3, 0.4) is 0 Å². The van der Waals surface area contributed by atoms with Crippen LogP contribution in [-0.2, 0) is 11.2 Å². The molecule has 4 aromatic heterocycles. The molecule has 0 fully saturated rings. The van der Waals surface area contributed by atoms with Crippen LogP contribution >= 0.6 is 0 Å². The summed E-state index contributed by atoms with van der Waals surface area (Å²) >= 11 is 0. The quantitative estimate of drug-likeness (QED) is 0.566. The van der Waals surface area contributed by atoms with Gasteiger partial charge in [-0.25, -0.2) is 14.6 Å². The monoisotopic (exact) mass is 362 g/mol. The number of hydrogen-bond donors (Lipinski definition) is 1. The molecule has 27 heavy (non-hydrogen) atoms. The van der Waals surface area contributed by atoms with Crippen LogP contribution in [0.2, 0.25) is 0 Å². The maximum absolute atomic E-state index is 12.3. The van der Waals surface area contributed by atoms with Gasteiger partial charge < -0.3 is 9.73 Å². The van der Waals surface area contributed by atoms with Gasteiger partial charge >= 0.3 is 0 Å². The van der Waals surface area contributed by atoms with Gasteiger partial charge in [0.1, 0.15) is 5.82 Å². The molecule has 0 saturated heterocycles. The molecule has 0 unspecified atom stereocenters. The van der Waals surface area contributed by atoms with Crippen LogP contribution in [0.4, 0.5) is 5.82 Å². The molecule has 0 saturated carbocycles. The smallest absolute Gasteiger partial charge is 0.225 e. The van der Waals surface area contributed by atoms with Crippen LogP contribution in [0.1, 0.15) is 13.4 Å². The van der Waals surface area contributed by atoms with Gasteiger partial charge in [0.05, 0.1) is 6.26 Å². The third-order valence-electron chi connectivity index (χ3n) is 3.82. The molecule has 0 radical (unpaired) electrons. The number of aromatic nitrogens is 5. The number of pyridine rings is 1. The molecule has 0 bridgehead atoms. The van der Waals surface area contributed by atoms with Crippen molar-refractivity contribution in [1.82, 2.24) is 24.7 Å². The number of nitrogens with one attached hydrogen (secondary N) is 1. The van der Waals surface area contributed by atoms with Crippen LogP contribution < -0.4 is 5.32 Å². The minimum absolute atomic E-state index is 0. The summed E-state index contributed by atoms with van der Waals surface area (Å²) in [5.74, 6) is 1.65. The van der Waals surface area contributed by atoms with E-state index in [-0.39, 0.29) is 7.33 Å². The van der Waals surface area contributed by atoms with E-state index in [0.717, 1.165) is 5.56 Å². The fraction of sp³-hybridized carbons (Fsp3) is 0.105. The zero-order valence-corrected chi connectivity index (χ0v) is 14.3. The molecule has 4 rings (SSSR count). The Morgan fingerprint density at radius 1 is 1.19 bits per heavy atom. The zero-order chi connectivity index (χ0) is 18.5. The van der Waals surface area contributed by atoms with Crippen LogP contribution in [0.15, 0.2) is 71.9 Å². The average Bonchev–Trinajstić information content (AvgIpc) is 3.41. The van der Waals surface area contributed by atoms with Crippen molar-refractivity contribution >= 4 is 11.7 Å². The number of anilines is 1. The molecule has 4 aromatic rings. The Kier molecular flexibility index (Phi) is 4.69. The largest absolute Gasteiger partial charge is 0.461 e. The van der Waals surface area contributed by atoms with E-state index in [4.69, 9.17) is 4.42 Å². The van der Waals surface area contributed by atoms with Crippen molar-refractivity contribution < 1.29 is 10.6 Å². The van der Waals surface area contributed by atoms with E-state index >= 15 is 0 Å². The van der Waals surface area contributed by atoms with E-state index < -0.39 is 0 Å². The van der Waals surface area contributed by atoms with Crippen LogP contribution in [0.5, 0.6) is 0 Å². The first-order chi connectivity index (χ1) is 13.3. The summed E-state index contributed by atoms with van der Waals surface area (Å²) in [5, 5.41) is 7.00. The van der Waals surface area contributed by atoms with Gasteiger partial charge in [0.15, 0.2) is 17.4 Å². The Morgan fingerprint density at radius 3 is 2.89 bits per heavy atom. The Balaban J connectivity index is 0.00000225. The normalized spacial score (nSPS) is 10.7. The van der Waals surface area contributed by atoms with Crippen molar-refractivity contribution in [2.75, 3.05) is 5.32 Å². The highest BCUT2D eigenvalue weighted by Crippen LogP contribution is 2.20. The Labute approximate surface area is 156 Å². The van der Waals surface area contributed by atoms with E-state index in [0.29, 0.717) is 36.1 Å². The maximum Gasteiger partial charge on any atom is 0.225 e. The Bertz CT molecular complexity index is 968. The predicted octanol–water partition coefficient (Wildman–Crippen LogP) is 3.13. The molecule has 8 nitrogen and oxygen atoms in total. The summed E-state index contributed by atoms with van der Waals surface area (Å²) in [4.78, 5) is 25.2. The van der Waals surface area contributed by atoms with E-state index in [1.807, 2.05) is 12.1 Å². The minimum atomic E-state index is -0.144. The number of carbonyl (C=O) groups excluding carboxylic acids is 1. The van der Waals surface area contributed by atoms with Gasteiger partial charge in [-0.3, -0.25) is 9.78 Å². The number of hydrogen-bond acceptors (Lipinski definition) is 6. The van der Waals surface area contributed by atoms with Gasteiger partial charge in [0.25, 0.3) is 0 Å². The molecule has 4 heterocycles. The lowest BCUT2D eigenvalue weighted by atomic mass is 10.1. The second-order valence-electron chi connectivity index (χ2n) is 5.77. The molecule has 1 amide bonds. The molecule has 1 N–H and O–H groups in total. The Morgan fingerprint density at radius 2 is 2.15 bits per heavy atom. The fourth-order valence-corrected chi connectivity index (χ4v) is 2.55. The van der Waals surface area contributed by atoms with Crippen LogP contribution in [0, 0.1) is 0 Å². The molecular formula is C19H18N6O2. The van der Waals surface area contributed by atoms with Gasteiger partial charge in [-0.15, -0.1) is 0 Å². The van der Waals surface area contributed by atoms with Crippen molar-refractivity contribution in [3.05, 3.63) is 73.0 Å². The molecular weight excluding hydrogens is 344 g/mol. The molecule has 8 heteroatoms. The summed E-state index contributed by atoms with van der Waals surface area (Å²) in [6.45, 7) is 0. The highest BCUT2D eigenvalue weighted by molar-refractivity contribution is 5.90. The molecule has 0 aliphatic heterocycles. The lowest BCUT2D eigenvalue weighted by Gasteiger charge is -2.08. The van der Waals surface area contributed by atoms with Gasteiger partial charge in [0, 0.05) is 38.7 Å². The number of carbonyl (C=O) groups is 1. The standard InChI is InChI=1S/C19H16N6O2.H2/c26-18(7-6-14-4-1-8-20-13-14)22-16-12-17(25-10-3-9-21-25)24-19(23-16)15-5-2-11-27-15;/h1-5,8-13H,6-7H2,(H,22,23,24,26);1H. The number of furan rings is 1. The molecule has 136 valence electrons. The predicted molar refractivity (Wildman–Crippen MR) is 100 cm³/mol. The topological polar surface area (TPSA) is 98.7 Å². The molecule has 0 spiro atoms. The first-order valence-corrected chi connectivity index (χ1v) is 8.40. The third kappa shape index (κ3) is 4.06. The van der Waals surface area contributed by atoms with Gasteiger partial charge in [0.2, 0.25) is 5.91 Å². The van der Waals surface area contributed by atoms with Crippen LogP contribution in [-0.4, -0.2) is 30.6 Å². The number of amides is 1. The van der Waals surface area contributed by atoms with Crippen LogP contribution in [0.25, 0.3) is 17.4 Å². The van der Waals surface area contributed by atoms with Crippen molar-refractivity contribution in [3.8, 4) is 17.4 Å². The SMILES string of the molecule is O=C(CCc1cccnc1)Nc1cc(-n2cccn2)nc(-c2ccco2)n1.[HH]. The fourth-order valence-electron chi connectivity index (χ4n) is 2.55. The zero-order valence-electron chi connectivity index (χ0n) is 14.3. The second kappa shape index (κ2) is 7.61. The molecule has 0 atom stereocenters. The number of aryl methyl sites for hydroxylation is 1. The maximum atomic E-state index is 12.3. The highest BCUT2D eigenvalue weighted by atomic mass is 16.3. The first kappa shape index (κ1) is 16.6. The summed E-state index contributed by atoms with van der Waals surface area (Å²) in [5.41, 5.74) is 1.00. The number of rotatable bonds is 6. The summed E-state index contributed by atoms with van der Waals surface area (Å²) in [7, 11) is 0. The average molecular weight is 362 g/mol. The van der Waals surface area contributed by atoms with E-state index in [2.05, 4.69) is 25.4 Å². The van der Waals surface area contributed by atoms with Gasteiger partial charge in [-0.1, -0.05) is 6.07 Å². The van der Waals surface area contributed by atoms with E-state index in [1.165, 1.54) is 0 Å². The second-order valence-corrected chi connectivity index (χ2v) is 5.77. The van der Waals surface area contributed by atoms with Crippen molar-refractivity contribution in [2.24, 2.45) is 0 Å². The first-order valence-electron chi connectivity index (χ1n) is 8.40. The molecule has 0 aliphatic rings. The van der Waals surface area contributed by atoms with E-state index in [1.54, 1.807) is 60.0 Å². The van der Waals surface area contributed by atoms with Gasteiger partial charge in [-0.05, 0) is 36.2 Å². The Hall–Kier alpha value is -3.81. The van der Waals surface area contributed by atoms with Crippen molar-refractivity contribution in [2.45, 2.75) is 12.8 Å². The summed E-state index contributed by atoms with van der Waals surface area (Å²) in [6.07, 6.45) is 9.35. The summed E-state index contributed by atoms with van der Waals surface area (Å²) < 4.78 is 6.98. The van der Waals surface area contributed by atoms with Gasteiger partial charge in [-0.2, -0.15) is 5.10 Å². The third-order valence-corrected chi connectivity index (χ3v) is 3.82. The molecule has 0 aliphatic carbocycles. The van der Waals surface area contributed by atoms with Crippen molar-refractivity contribution in [3.63, 3.8) is 0 Å². The molecule has 0 aromatic carbocycles. The van der Waals surface area contributed by atoms with E-state index in [9.17, 15) is 4.79 Å². The lowest BCUT2D eigenvalue weighted by molar-refractivity contribution is -0.116. The summed E-state index contributed by atoms with van der Waals surface area (Å²) in [6, 6.07) is 10.8. The minimum Gasteiger partial charge on any atom is -0.461 e. The van der Waals surface area contributed by atoms with Crippen molar-refractivity contribution in [1.29, 1.82) is 0 Å². The highest BCUT2D eigenvalue weighted by Gasteiger charge is 2.12. The number of nitrogens with zero attached hydrogens (tertiary/aromatic N) is 5. The lowest BCUT2D eigenvalue weighted by Crippen LogP contribution is -2.15.